The molecule has 1 aliphatic heterocycles. The highest BCUT2D eigenvalue weighted by molar-refractivity contribution is 9.08. The monoisotopic (exact) mass is 315 g/mol. The zero-order chi connectivity index (χ0) is 12.3. The molecule has 1 nitrogen and oxygen atoms in total. The summed E-state index contributed by atoms with van der Waals surface area (Å²) in [6, 6.07) is 6.20. The van der Waals surface area contributed by atoms with Gasteiger partial charge in [-0.25, -0.2) is 0 Å². The molecule has 1 saturated heterocycles. The molecule has 1 unspecified atom stereocenters. The third-order valence-corrected chi connectivity index (χ3v) is 4.35. The van der Waals surface area contributed by atoms with Gasteiger partial charge in [-0.3, -0.25) is 0 Å². The van der Waals surface area contributed by atoms with Gasteiger partial charge in [0.25, 0.3) is 0 Å². The van der Waals surface area contributed by atoms with E-state index in [0.717, 1.165) is 16.3 Å². The van der Waals surface area contributed by atoms with Crippen LogP contribution in [0.3, 0.4) is 0 Å². The summed E-state index contributed by atoms with van der Waals surface area (Å²) in [5, 5.41) is 1.73. The van der Waals surface area contributed by atoms with E-state index in [4.69, 9.17) is 11.6 Å². The lowest BCUT2D eigenvalue weighted by atomic mass is 10.0. The Morgan fingerprint density at radius 2 is 2.29 bits per heavy atom. The van der Waals surface area contributed by atoms with Crippen LogP contribution in [0.1, 0.15) is 31.7 Å². The molecule has 17 heavy (non-hydrogen) atoms. The fourth-order valence-corrected chi connectivity index (χ4v) is 3.28. The molecule has 0 saturated carbocycles. The Balaban J connectivity index is 2.14. The van der Waals surface area contributed by atoms with Gasteiger partial charge >= 0.3 is 0 Å². The maximum atomic E-state index is 6.11. The van der Waals surface area contributed by atoms with Crippen molar-refractivity contribution in [3.05, 3.63) is 28.8 Å². The Morgan fingerprint density at radius 3 is 3.00 bits per heavy atom. The van der Waals surface area contributed by atoms with Gasteiger partial charge in [0.1, 0.15) is 0 Å². The van der Waals surface area contributed by atoms with Crippen LogP contribution < -0.4 is 4.90 Å². The van der Waals surface area contributed by atoms with Crippen LogP contribution in [0.15, 0.2) is 18.2 Å². The van der Waals surface area contributed by atoms with Crippen LogP contribution in [0.5, 0.6) is 0 Å². The predicted molar refractivity (Wildman–Crippen MR) is 79.3 cm³/mol. The van der Waals surface area contributed by atoms with E-state index >= 15 is 0 Å². The number of alkyl halides is 1. The van der Waals surface area contributed by atoms with Crippen molar-refractivity contribution < 1.29 is 0 Å². The van der Waals surface area contributed by atoms with E-state index in [1.165, 1.54) is 43.6 Å². The quantitative estimate of drug-likeness (QED) is 0.717. The van der Waals surface area contributed by atoms with E-state index in [9.17, 15) is 0 Å². The number of anilines is 1. The van der Waals surface area contributed by atoms with Gasteiger partial charge in [-0.05, 0) is 36.5 Å². The summed E-state index contributed by atoms with van der Waals surface area (Å²) in [6.07, 6.45) is 3.96. The number of hydrogen-bond acceptors (Lipinski definition) is 1. The van der Waals surface area contributed by atoms with Crippen LogP contribution >= 0.6 is 27.5 Å². The molecule has 1 aliphatic rings. The fraction of sp³-hybridized carbons (Fsp3) is 0.571. The number of benzene rings is 1. The number of hydrogen-bond donors (Lipinski definition) is 0. The van der Waals surface area contributed by atoms with Crippen molar-refractivity contribution in [1.82, 2.24) is 0 Å². The summed E-state index contributed by atoms with van der Waals surface area (Å²) in [5.41, 5.74) is 2.65. The van der Waals surface area contributed by atoms with Crippen LogP contribution in [-0.4, -0.2) is 13.1 Å². The Kier molecular flexibility index (Phi) is 4.75. The maximum absolute atomic E-state index is 6.11. The largest absolute Gasteiger partial charge is 0.371 e. The van der Waals surface area contributed by atoms with Gasteiger partial charge in [-0.1, -0.05) is 46.9 Å². The van der Waals surface area contributed by atoms with E-state index in [1.54, 1.807) is 0 Å². The molecule has 0 aromatic heterocycles. The van der Waals surface area contributed by atoms with E-state index in [0.29, 0.717) is 0 Å². The molecule has 0 radical (unpaired) electrons. The molecule has 1 heterocycles. The summed E-state index contributed by atoms with van der Waals surface area (Å²) < 4.78 is 0. The molecular formula is C14H19BrClN. The minimum atomic E-state index is 0.837. The van der Waals surface area contributed by atoms with Crippen molar-refractivity contribution in [3.63, 3.8) is 0 Å². The molecule has 0 amide bonds. The second kappa shape index (κ2) is 6.10. The Bertz CT molecular complexity index is 380. The first-order chi connectivity index (χ1) is 8.24. The van der Waals surface area contributed by atoms with Crippen LogP contribution in [0.4, 0.5) is 5.69 Å². The molecule has 3 heteroatoms. The minimum Gasteiger partial charge on any atom is -0.371 e. The smallest absolute Gasteiger partial charge is 0.0426 e. The SMILES string of the molecule is CCCC1CCN(c2cc(Cl)ccc2CBr)C1. The first-order valence-electron chi connectivity index (χ1n) is 6.34. The number of halogens is 2. The average molecular weight is 317 g/mol. The third kappa shape index (κ3) is 3.17. The van der Waals surface area contributed by atoms with Gasteiger partial charge in [0.05, 0.1) is 0 Å². The molecule has 94 valence electrons. The molecule has 0 aliphatic carbocycles. The van der Waals surface area contributed by atoms with Crippen molar-refractivity contribution in [2.24, 2.45) is 5.92 Å². The molecule has 0 spiro atoms. The highest BCUT2D eigenvalue weighted by Crippen LogP contribution is 2.32. The number of rotatable bonds is 4. The zero-order valence-electron chi connectivity index (χ0n) is 10.3. The predicted octanol–water partition coefficient (Wildman–Crippen LogP) is 4.86. The summed E-state index contributed by atoms with van der Waals surface area (Å²) in [7, 11) is 0. The van der Waals surface area contributed by atoms with E-state index in [-0.39, 0.29) is 0 Å². The van der Waals surface area contributed by atoms with Crippen molar-refractivity contribution in [1.29, 1.82) is 0 Å². The minimum absolute atomic E-state index is 0.837. The van der Waals surface area contributed by atoms with Crippen molar-refractivity contribution >= 4 is 33.2 Å². The second-order valence-corrected chi connectivity index (χ2v) is 5.79. The zero-order valence-corrected chi connectivity index (χ0v) is 12.6. The molecule has 1 atom stereocenters. The molecule has 0 bridgehead atoms. The first-order valence-corrected chi connectivity index (χ1v) is 7.84. The standard InChI is InChI=1S/C14H19BrClN/c1-2-3-11-6-7-17(10-11)14-8-13(16)5-4-12(14)9-15/h4-5,8,11H,2-3,6-7,9-10H2,1H3. The average Bonchev–Trinajstić information content (AvgIpc) is 2.78. The molecular weight excluding hydrogens is 298 g/mol. The summed E-state index contributed by atoms with van der Waals surface area (Å²) in [5.74, 6) is 0.863. The molecule has 1 aromatic carbocycles. The third-order valence-electron chi connectivity index (χ3n) is 3.51. The van der Waals surface area contributed by atoms with E-state index < -0.39 is 0 Å². The fourth-order valence-electron chi connectivity index (χ4n) is 2.64. The van der Waals surface area contributed by atoms with E-state index in [1.807, 2.05) is 6.07 Å². The molecule has 1 aromatic rings. The highest BCUT2D eigenvalue weighted by Gasteiger charge is 2.23. The first kappa shape index (κ1) is 13.2. The van der Waals surface area contributed by atoms with Gasteiger partial charge in [0, 0.05) is 29.1 Å². The maximum Gasteiger partial charge on any atom is 0.0426 e. The van der Waals surface area contributed by atoms with E-state index in [2.05, 4.69) is 39.9 Å². The van der Waals surface area contributed by atoms with Crippen LogP contribution in [0, 0.1) is 5.92 Å². The van der Waals surface area contributed by atoms with Crippen molar-refractivity contribution in [2.45, 2.75) is 31.5 Å². The van der Waals surface area contributed by atoms with Crippen LogP contribution in [-0.2, 0) is 5.33 Å². The molecule has 1 fully saturated rings. The Morgan fingerprint density at radius 1 is 1.47 bits per heavy atom. The van der Waals surface area contributed by atoms with Crippen molar-refractivity contribution in [2.75, 3.05) is 18.0 Å². The van der Waals surface area contributed by atoms with Crippen molar-refractivity contribution in [3.8, 4) is 0 Å². The summed E-state index contributed by atoms with van der Waals surface area (Å²) in [4.78, 5) is 2.49. The Labute approximate surface area is 117 Å². The Hall–Kier alpha value is -0.210. The number of nitrogens with zero attached hydrogens (tertiary/aromatic N) is 1. The molecule has 2 rings (SSSR count). The lowest BCUT2D eigenvalue weighted by Gasteiger charge is -2.22. The summed E-state index contributed by atoms with van der Waals surface area (Å²) in [6.45, 7) is 4.63. The lowest BCUT2D eigenvalue weighted by molar-refractivity contribution is 0.530. The summed E-state index contributed by atoms with van der Waals surface area (Å²) >= 11 is 9.66. The molecule has 0 N–H and O–H groups in total. The van der Waals surface area contributed by atoms with Gasteiger partial charge in [-0.15, -0.1) is 0 Å². The highest BCUT2D eigenvalue weighted by atomic mass is 79.9. The lowest BCUT2D eigenvalue weighted by Crippen LogP contribution is -2.20. The normalized spacial score (nSPS) is 19.9. The van der Waals surface area contributed by atoms with Crippen LogP contribution in [0.2, 0.25) is 5.02 Å². The second-order valence-electron chi connectivity index (χ2n) is 4.80. The van der Waals surface area contributed by atoms with Gasteiger partial charge in [0.2, 0.25) is 0 Å². The van der Waals surface area contributed by atoms with Gasteiger partial charge in [0.15, 0.2) is 0 Å². The van der Waals surface area contributed by atoms with Gasteiger partial charge < -0.3 is 4.90 Å². The topological polar surface area (TPSA) is 3.24 Å². The van der Waals surface area contributed by atoms with Crippen LogP contribution in [0.25, 0.3) is 0 Å². The van der Waals surface area contributed by atoms with Gasteiger partial charge in [-0.2, -0.15) is 0 Å².